The molecule has 1 aromatic rings. The lowest BCUT2D eigenvalue weighted by Crippen LogP contribution is -1.82. The third kappa shape index (κ3) is 1.95. The van der Waals surface area contributed by atoms with Crippen molar-refractivity contribution in [1.29, 1.82) is 5.26 Å². The van der Waals surface area contributed by atoms with Gasteiger partial charge in [0, 0.05) is 4.47 Å². The molecule has 0 fully saturated rings. The van der Waals surface area contributed by atoms with Crippen molar-refractivity contribution in [3.8, 4) is 11.8 Å². The van der Waals surface area contributed by atoms with Gasteiger partial charge >= 0.3 is 0 Å². The molecule has 1 N–H and O–H groups in total. The lowest BCUT2D eigenvalue weighted by Gasteiger charge is -1.98. The minimum absolute atomic E-state index is 0.207. The summed E-state index contributed by atoms with van der Waals surface area (Å²) in [7, 11) is 0. The van der Waals surface area contributed by atoms with Gasteiger partial charge in [-0.2, -0.15) is 5.26 Å². The number of hydrogen-bond donors (Lipinski definition) is 1. The van der Waals surface area contributed by atoms with Crippen LogP contribution in [0.4, 0.5) is 0 Å². The highest BCUT2D eigenvalue weighted by Crippen LogP contribution is 2.21. The normalized spacial score (nSPS) is 9.09. The molecule has 1 aromatic carbocycles. The number of rotatable bonds is 1. The summed E-state index contributed by atoms with van der Waals surface area (Å²) in [5.41, 5.74) is 0.894. The zero-order valence-corrected chi connectivity index (χ0v) is 7.30. The first kappa shape index (κ1) is 8.09. The summed E-state index contributed by atoms with van der Waals surface area (Å²) in [6, 6.07) is 6.90. The van der Waals surface area contributed by atoms with Crippen LogP contribution in [0, 0.1) is 11.3 Å². The molecule has 1 rings (SSSR count). The number of nitrogens with zero attached hydrogens (tertiary/aromatic N) is 1. The molecule has 0 spiro atoms. The van der Waals surface area contributed by atoms with E-state index < -0.39 is 0 Å². The summed E-state index contributed by atoms with van der Waals surface area (Å²) < 4.78 is 0.777. The molecule has 0 aromatic heterocycles. The Morgan fingerprint density at radius 3 is 2.82 bits per heavy atom. The third-order valence-corrected chi connectivity index (χ3v) is 2.04. The van der Waals surface area contributed by atoms with Gasteiger partial charge < -0.3 is 5.11 Å². The quantitative estimate of drug-likeness (QED) is 0.775. The largest absolute Gasteiger partial charge is 0.508 e. The number of aromatic hydroxyl groups is 1. The lowest BCUT2D eigenvalue weighted by atomic mass is 10.2. The van der Waals surface area contributed by atoms with Gasteiger partial charge in [-0.25, -0.2) is 0 Å². The van der Waals surface area contributed by atoms with Gasteiger partial charge in [0.05, 0.1) is 12.5 Å². The van der Waals surface area contributed by atoms with Crippen LogP contribution in [0.1, 0.15) is 5.56 Å². The highest BCUT2D eigenvalue weighted by atomic mass is 79.9. The molecule has 0 aliphatic rings. The predicted octanol–water partition coefficient (Wildman–Crippen LogP) is 2.22. The van der Waals surface area contributed by atoms with E-state index >= 15 is 0 Å². The summed E-state index contributed by atoms with van der Waals surface area (Å²) in [6.45, 7) is 0. The van der Waals surface area contributed by atoms with Crippen LogP contribution in [0.2, 0.25) is 0 Å². The molecule has 2 nitrogen and oxygen atoms in total. The number of nitriles is 1. The smallest absolute Gasteiger partial charge is 0.116 e. The molecule has 0 saturated heterocycles. The van der Waals surface area contributed by atoms with Crippen LogP contribution >= 0.6 is 15.9 Å². The third-order valence-electron chi connectivity index (χ3n) is 1.31. The summed E-state index contributed by atoms with van der Waals surface area (Å²) in [5.74, 6) is 0.207. The molecular weight excluding hydrogens is 206 g/mol. The Labute approximate surface area is 73.2 Å². The first-order chi connectivity index (χ1) is 5.24. The molecule has 56 valence electrons. The van der Waals surface area contributed by atoms with Crippen molar-refractivity contribution in [3.05, 3.63) is 28.2 Å². The average molecular weight is 212 g/mol. The van der Waals surface area contributed by atoms with Crippen molar-refractivity contribution >= 4 is 15.9 Å². The van der Waals surface area contributed by atoms with Gasteiger partial charge in [0.25, 0.3) is 0 Å². The Balaban J connectivity index is 3.01. The number of phenolic OH excluding ortho intramolecular Hbond substituents is 1. The Hall–Kier alpha value is -1.01. The molecule has 0 aliphatic heterocycles. The van der Waals surface area contributed by atoms with Gasteiger partial charge in [-0.1, -0.05) is 22.0 Å². The monoisotopic (exact) mass is 211 g/mol. The fourth-order valence-corrected chi connectivity index (χ4v) is 1.27. The van der Waals surface area contributed by atoms with Crippen LogP contribution in [0.3, 0.4) is 0 Å². The van der Waals surface area contributed by atoms with Crippen molar-refractivity contribution in [1.82, 2.24) is 0 Å². The van der Waals surface area contributed by atoms with Crippen molar-refractivity contribution in [2.75, 3.05) is 0 Å². The molecule has 0 radical (unpaired) electrons. The molecular formula is C8H6BrNO. The van der Waals surface area contributed by atoms with Gasteiger partial charge in [-0.3, -0.25) is 0 Å². The van der Waals surface area contributed by atoms with Gasteiger partial charge in [-0.15, -0.1) is 0 Å². The van der Waals surface area contributed by atoms with E-state index in [0.717, 1.165) is 10.0 Å². The maximum atomic E-state index is 8.99. The fraction of sp³-hybridized carbons (Fsp3) is 0.125. The maximum Gasteiger partial charge on any atom is 0.116 e. The Morgan fingerprint density at radius 2 is 2.27 bits per heavy atom. The Bertz CT molecular complexity index is 303. The van der Waals surface area contributed by atoms with E-state index in [1.165, 1.54) is 0 Å². The minimum atomic E-state index is 0.207. The molecule has 0 aliphatic carbocycles. The lowest BCUT2D eigenvalue weighted by molar-refractivity contribution is 0.474. The van der Waals surface area contributed by atoms with Gasteiger partial charge in [0.15, 0.2) is 0 Å². The highest BCUT2D eigenvalue weighted by Gasteiger charge is 1.98. The summed E-state index contributed by atoms with van der Waals surface area (Å²) in [4.78, 5) is 0. The van der Waals surface area contributed by atoms with Crippen LogP contribution in [-0.2, 0) is 6.42 Å². The zero-order valence-electron chi connectivity index (χ0n) is 5.71. The van der Waals surface area contributed by atoms with Crippen LogP contribution in [0.15, 0.2) is 22.7 Å². The van der Waals surface area contributed by atoms with Crippen LogP contribution in [0.25, 0.3) is 0 Å². The second kappa shape index (κ2) is 3.40. The Morgan fingerprint density at radius 1 is 1.55 bits per heavy atom. The van der Waals surface area contributed by atoms with Crippen LogP contribution in [-0.4, -0.2) is 5.11 Å². The first-order valence-electron chi connectivity index (χ1n) is 3.08. The van der Waals surface area contributed by atoms with Crippen molar-refractivity contribution in [2.45, 2.75) is 6.42 Å². The minimum Gasteiger partial charge on any atom is -0.508 e. The van der Waals surface area contributed by atoms with E-state index in [-0.39, 0.29) is 5.75 Å². The van der Waals surface area contributed by atoms with Crippen LogP contribution in [0.5, 0.6) is 5.75 Å². The first-order valence-corrected chi connectivity index (χ1v) is 3.87. The van der Waals surface area contributed by atoms with E-state index in [9.17, 15) is 0 Å². The molecule has 3 heteroatoms. The van der Waals surface area contributed by atoms with Crippen molar-refractivity contribution in [3.63, 3.8) is 0 Å². The van der Waals surface area contributed by atoms with Crippen LogP contribution < -0.4 is 0 Å². The van der Waals surface area contributed by atoms with Gasteiger partial charge in [0.2, 0.25) is 0 Å². The van der Waals surface area contributed by atoms with Gasteiger partial charge in [0.1, 0.15) is 5.75 Å². The van der Waals surface area contributed by atoms with E-state index in [1.54, 1.807) is 18.2 Å². The van der Waals surface area contributed by atoms with Gasteiger partial charge in [-0.05, 0) is 17.7 Å². The molecule has 0 saturated carbocycles. The topological polar surface area (TPSA) is 44.0 Å². The zero-order chi connectivity index (χ0) is 8.27. The van der Waals surface area contributed by atoms with E-state index in [0.29, 0.717) is 6.42 Å². The average Bonchev–Trinajstić information content (AvgIpc) is 1.95. The SMILES string of the molecule is N#CCc1ccc(O)cc1Br. The van der Waals surface area contributed by atoms with Crippen molar-refractivity contribution in [2.24, 2.45) is 0 Å². The highest BCUT2D eigenvalue weighted by molar-refractivity contribution is 9.10. The molecule has 0 bridgehead atoms. The second-order valence-electron chi connectivity index (χ2n) is 2.11. The number of halogens is 1. The molecule has 0 unspecified atom stereocenters. The predicted molar refractivity (Wildman–Crippen MR) is 45.1 cm³/mol. The van der Waals surface area contributed by atoms with Crippen molar-refractivity contribution < 1.29 is 5.11 Å². The van der Waals surface area contributed by atoms with E-state index in [4.69, 9.17) is 10.4 Å². The summed E-state index contributed by atoms with van der Waals surface area (Å²) in [5, 5.41) is 17.4. The number of benzene rings is 1. The number of hydrogen-bond acceptors (Lipinski definition) is 2. The number of phenols is 1. The summed E-state index contributed by atoms with van der Waals surface area (Å²) >= 11 is 3.24. The van der Waals surface area contributed by atoms with E-state index in [1.807, 2.05) is 6.07 Å². The maximum absolute atomic E-state index is 8.99. The summed E-state index contributed by atoms with van der Waals surface area (Å²) in [6.07, 6.45) is 0.362. The fourth-order valence-electron chi connectivity index (χ4n) is 0.765. The second-order valence-corrected chi connectivity index (χ2v) is 2.96. The molecule has 0 heterocycles. The standard InChI is InChI=1S/C8H6BrNO/c9-8-5-7(11)2-1-6(8)3-4-10/h1-2,5,11H,3H2. The molecule has 0 amide bonds. The molecule has 11 heavy (non-hydrogen) atoms. The Kier molecular flexibility index (Phi) is 2.50. The molecule has 0 atom stereocenters. The van der Waals surface area contributed by atoms with E-state index in [2.05, 4.69) is 15.9 Å².